The van der Waals surface area contributed by atoms with Gasteiger partial charge in [0.05, 0.1) is 5.56 Å². The van der Waals surface area contributed by atoms with E-state index in [1.54, 1.807) is 0 Å². The van der Waals surface area contributed by atoms with Gasteiger partial charge in [-0.2, -0.15) is 13.2 Å². The summed E-state index contributed by atoms with van der Waals surface area (Å²) in [4.78, 5) is 36.1. The normalized spacial score (nSPS) is 23.1. The van der Waals surface area contributed by atoms with Crippen LogP contribution in [0.15, 0.2) is 42.6 Å². The van der Waals surface area contributed by atoms with Gasteiger partial charge in [0.25, 0.3) is 0 Å². The molecule has 1 aromatic carbocycles. The molecule has 6 nitrogen and oxygen atoms in total. The van der Waals surface area contributed by atoms with Gasteiger partial charge in [-0.1, -0.05) is 30.7 Å². The Hall–Kier alpha value is -2.81. The quantitative estimate of drug-likeness (QED) is 0.468. The van der Waals surface area contributed by atoms with E-state index in [0.29, 0.717) is 56.4 Å². The molecule has 2 atom stereocenters. The first-order valence-corrected chi connectivity index (χ1v) is 13.9. The topological polar surface area (TPSA) is 56.8 Å². The maximum atomic E-state index is 13.6. The molecule has 2 aliphatic heterocycles. The van der Waals surface area contributed by atoms with Gasteiger partial charge in [-0.25, -0.2) is 4.98 Å². The molecule has 1 aliphatic carbocycles. The SMILES string of the molecule is CN(C[C@H]1CN(C(=O)C2CCN(C(=O)C3(C)CC3)CC2)C[C@@H]1c1ccc(Cl)cc1)c1ccc(C(F)(F)F)cn1. The van der Waals surface area contributed by atoms with Crippen LogP contribution >= 0.6 is 11.6 Å². The van der Waals surface area contributed by atoms with Crippen molar-refractivity contribution in [3.63, 3.8) is 0 Å². The van der Waals surface area contributed by atoms with Gasteiger partial charge in [0.1, 0.15) is 5.82 Å². The molecule has 0 unspecified atom stereocenters. The van der Waals surface area contributed by atoms with E-state index in [1.807, 2.05) is 52.9 Å². The van der Waals surface area contributed by atoms with Crippen molar-refractivity contribution < 1.29 is 22.8 Å². The first-order chi connectivity index (χ1) is 18.4. The van der Waals surface area contributed by atoms with Crippen LogP contribution in [-0.4, -0.2) is 66.4 Å². The molecule has 0 bridgehead atoms. The van der Waals surface area contributed by atoms with Crippen LogP contribution in [0, 0.1) is 17.3 Å². The number of alkyl halides is 3. The summed E-state index contributed by atoms with van der Waals surface area (Å²) in [5.41, 5.74) is 0.0977. The first-order valence-electron chi connectivity index (χ1n) is 13.5. The van der Waals surface area contributed by atoms with Crippen LogP contribution in [0.1, 0.15) is 49.7 Å². The van der Waals surface area contributed by atoms with Crippen molar-refractivity contribution in [1.29, 1.82) is 0 Å². The number of carbonyl (C=O) groups is 2. The number of aromatic nitrogens is 1. The van der Waals surface area contributed by atoms with Gasteiger partial charge in [0.2, 0.25) is 11.8 Å². The number of rotatable bonds is 6. The van der Waals surface area contributed by atoms with Crippen molar-refractivity contribution in [2.45, 2.75) is 44.7 Å². The summed E-state index contributed by atoms with van der Waals surface area (Å²) in [7, 11) is 1.81. The number of benzene rings is 1. The third kappa shape index (κ3) is 6.03. The second-order valence-corrected chi connectivity index (χ2v) is 12.0. The Morgan fingerprint density at radius 3 is 2.28 bits per heavy atom. The summed E-state index contributed by atoms with van der Waals surface area (Å²) in [6, 6.07) is 10.1. The van der Waals surface area contributed by atoms with E-state index >= 15 is 0 Å². The highest BCUT2D eigenvalue weighted by atomic mass is 35.5. The number of amides is 2. The Morgan fingerprint density at radius 1 is 1.05 bits per heavy atom. The van der Waals surface area contributed by atoms with Gasteiger partial charge in [0, 0.05) is 74.2 Å². The summed E-state index contributed by atoms with van der Waals surface area (Å²) < 4.78 is 39.0. The van der Waals surface area contributed by atoms with Gasteiger partial charge in [-0.3, -0.25) is 9.59 Å². The number of hydrogen-bond acceptors (Lipinski definition) is 4. The number of likely N-dealkylation sites (tertiary alicyclic amines) is 2. The fourth-order valence-corrected chi connectivity index (χ4v) is 6.05. The van der Waals surface area contributed by atoms with Crippen LogP contribution in [-0.2, 0) is 15.8 Å². The number of halogens is 4. The molecule has 3 fully saturated rings. The summed E-state index contributed by atoms with van der Waals surface area (Å²) >= 11 is 6.12. The van der Waals surface area contributed by atoms with E-state index in [-0.39, 0.29) is 35.0 Å². The number of piperidine rings is 1. The van der Waals surface area contributed by atoms with Crippen molar-refractivity contribution in [2.24, 2.45) is 17.3 Å². The van der Waals surface area contributed by atoms with E-state index in [1.165, 1.54) is 6.07 Å². The van der Waals surface area contributed by atoms with Crippen LogP contribution in [0.2, 0.25) is 5.02 Å². The average Bonchev–Trinajstić information content (AvgIpc) is 3.54. The predicted molar refractivity (Wildman–Crippen MR) is 143 cm³/mol. The minimum absolute atomic E-state index is 0.0552. The van der Waals surface area contributed by atoms with E-state index < -0.39 is 11.7 Å². The van der Waals surface area contributed by atoms with Crippen molar-refractivity contribution in [3.05, 3.63) is 58.7 Å². The van der Waals surface area contributed by atoms with Gasteiger partial charge in [-0.05, 0) is 55.5 Å². The smallest absolute Gasteiger partial charge is 0.359 e. The van der Waals surface area contributed by atoms with Crippen LogP contribution < -0.4 is 4.90 Å². The van der Waals surface area contributed by atoms with Crippen LogP contribution in [0.4, 0.5) is 19.0 Å². The second kappa shape index (κ2) is 10.6. The molecule has 0 spiro atoms. The molecule has 210 valence electrons. The third-order valence-electron chi connectivity index (χ3n) is 8.67. The lowest BCUT2D eigenvalue weighted by Crippen LogP contribution is -2.46. The fourth-order valence-electron chi connectivity index (χ4n) is 5.92. The van der Waals surface area contributed by atoms with Gasteiger partial charge < -0.3 is 14.7 Å². The van der Waals surface area contributed by atoms with E-state index in [9.17, 15) is 22.8 Å². The highest BCUT2D eigenvalue weighted by Gasteiger charge is 2.48. The molecule has 1 saturated carbocycles. The zero-order valence-electron chi connectivity index (χ0n) is 22.3. The molecule has 5 rings (SSSR count). The lowest BCUT2D eigenvalue weighted by Gasteiger charge is -2.34. The molecule has 2 saturated heterocycles. The number of nitrogens with zero attached hydrogens (tertiary/aromatic N) is 4. The van der Waals surface area contributed by atoms with E-state index in [4.69, 9.17) is 11.6 Å². The zero-order valence-corrected chi connectivity index (χ0v) is 23.0. The number of pyridine rings is 1. The summed E-state index contributed by atoms with van der Waals surface area (Å²) in [6.45, 7) is 4.90. The molecular formula is C29H34ClF3N4O2. The highest BCUT2D eigenvalue weighted by molar-refractivity contribution is 6.30. The Balaban J connectivity index is 1.27. The molecule has 3 heterocycles. The van der Waals surface area contributed by atoms with Gasteiger partial charge in [-0.15, -0.1) is 0 Å². The van der Waals surface area contributed by atoms with Crippen molar-refractivity contribution in [1.82, 2.24) is 14.8 Å². The van der Waals surface area contributed by atoms with E-state index in [2.05, 4.69) is 4.98 Å². The molecule has 0 radical (unpaired) electrons. The standard InChI is InChI=1S/C29H34ClF3N4O2/c1-28(11-12-28)27(39)36-13-9-20(10-14-36)26(38)37-17-21(24(18-37)19-3-6-23(30)7-4-19)16-35(2)25-8-5-22(15-34-25)29(31,32)33/h3-8,15,20-21,24H,9-14,16-18H2,1-2H3/t21-,24+/m0/s1. The molecular weight excluding hydrogens is 529 g/mol. The lowest BCUT2D eigenvalue weighted by molar-refractivity contribution is -0.142. The van der Waals surface area contributed by atoms with Crippen molar-refractivity contribution in [3.8, 4) is 0 Å². The third-order valence-corrected chi connectivity index (χ3v) is 8.93. The minimum Gasteiger partial charge on any atom is -0.359 e. The first kappa shape index (κ1) is 27.7. The number of carbonyl (C=O) groups excluding carboxylic acids is 2. The molecule has 3 aliphatic rings. The van der Waals surface area contributed by atoms with Gasteiger partial charge >= 0.3 is 6.18 Å². The molecule has 2 amide bonds. The summed E-state index contributed by atoms with van der Waals surface area (Å²) in [6.07, 6.45) is -0.348. The zero-order chi connectivity index (χ0) is 27.9. The Labute approximate surface area is 232 Å². The second-order valence-electron chi connectivity index (χ2n) is 11.6. The van der Waals surface area contributed by atoms with E-state index in [0.717, 1.165) is 30.7 Å². The molecule has 10 heteroatoms. The monoisotopic (exact) mass is 562 g/mol. The molecule has 39 heavy (non-hydrogen) atoms. The highest BCUT2D eigenvalue weighted by Crippen LogP contribution is 2.47. The maximum Gasteiger partial charge on any atom is 0.417 e. The molecule has 1 aromatic heterocycles. The summed E-state index contributed by atoms with van der Waals surface area (Å²) in [5, 5.41) is 0.633. The Bertz CT molecular complexity index is 1190. The number of hydrogen-bond donors (Lipinski definition) is 0. The predicted octanol–water partition coefficient (Wildman–Crippen LogP) is 5.47. The largest absolute Gasteiger partial charge is 0.417 e. The van der Waals surface area contributed by atoms with Crippen LogP contribution in [0.25, 0.3) is 0 Å². The van der Waals surface area contributed by atoms with Gasteiger partial charge in [0.15, 0.2) is 0 Å². The Kier molecular flexibility index (Phi) is 7.57. The molecule has 0 N–H and O–H groups in total. The lowest BCUT2D eigenvalue weighted by atomic mass is 9.88. The fraction of sp³-hybridized carbons (Fsp3) is 0.552. The minimum atomic E-state index is -4.44. The molecule has 2 aromatic rings. The van der Waals surface area contributed by atoms with Crippen molar-refractivity contribution in [2.75, 3.05) is 44.7 Å². The van der Waals surface area contributed by atoms with Crippen molar-refractivity contribution >= 4 is 29.2 Å². The number of anilines is 1. The van der Waals surface area contributed by atoms with Crippen LogP contribution in [0.5, 0.6) is 0 Å². The summed E-state index contributed by atoms with van der Waals surface area (Å²) in [5.74, 6) is 0.790. The Morgan fingerprint density at radius 2 is 1.72 bits per heavy atom. The van der Waals surface area contributed by atoms with Crippen LogP contribution in [0.3, 0.4) is 0 Å². The maximum absolute atomic E-state index is 13.6. The average molecular weight is 563 g/mol.